The summed E-state index contributed by atoms with van der Waals surface area (Å²) in [5.41, 5.74) is 1.76. The van der Waals surface area contributed by atoms with Crippen LogP contribution in [0, 0.1) is 0 Å². The van der Waals surface area contributed by atoms with Crippen molar-refractivity contribution < 1.29 is 9.21 Å². The van der Waals surface area contributed by atoms with Gasteiger partial charge in [-0.05, 0) is 23.8 Å². The Kier molecular flexibility index (Phi) is 4.11. The SMILES string of the molecule is O=C(Nc1ccnn1Cc1ccccc1Br)c1cc2ccccc2o1. The molecule has 5 nitrogen and oxygen atoms in total. The van der Waals surface area contributed by atoms with Crippen LogP contribution < -0.4 is 5.32 Å². The van der Waals surface area contributed by atoms with Crippen molar-refractivity contribution >= 4 is 38.6 Å². The molecule has 0 saturated carbocycles. The van der Waals surface area contributed by atoms with Crippen LogP contribution in [0.4, 0.5) is 5.82 Å². The van der Waals surface area contributed by atoms with Gasteiger partial charge in [-0.15, -0.1) is 0 Å². The zero-order valence-electron chi connectivity index (χ0n) is 13.1. The van der Waals surface area contributed by atoms with E-state index in [1.165, 1.54) is 0 Å². The largest absolute Gasteiger partial charge is 0.451 e. The molecule has 1 N–H and O–H groups in total. The Balaban J connectivity index is 1.56. The Morgan fingerprint density at radius 3 is 2.76 bits per heavy atom. The van der Waals surface area contributed by atoms with Gasteiger partial charge in [0.1, 0.15) is 11.4 Å². The molecule has 124 valence electrons. The van der Waals surface area contributed by atoms with Gasteiger partial charge in [0.25, 0.3) is 5.91 Å². The number of hydrogen-bond donors (Lipinski definition) is 1. The molecule has 0 atom stereocenters. The zero-order chi connectivity index (χ0) is 17.2. The molecule has 0 radical (unpaired) electrons. The number of rotatable bonds is 4. The van der Waals surface area contributed by atoms with E-state index < -0.39 is 0 Å². The molecule has 0 unspecified atom stereocenters. The van der Waals surface area contributed by atoms with Crippen molar-refractivity contribution in [2.24, 2.45) is 0 Å². The van der Waals surface area contributed by atoms with Crippen molar-refractivity contribution in [3.63, 3.8) is 0 Å². The fourth-order valence-corrected chi connectivity index (χ4v) is 3.03. The van der Waals surface area contributed by atoms with E-state index in [9.17, 15) is 4.79 Å². The standard InChI is InChI=1S/C19H14BrN3O2/c20-15-7-3-1-6-14(15)12-23-18(9-10-21-23)22-19(24)17-11-13-5-2-4-8-16(13)25-17/h1-11H,12H2,(H,22,24). The summed E-state index contributed by atoms with van der Waals surface area (Å²) >= 11 is 3.53. The average Bonchev–Trinajstić information content (AvgIpc) is 3.23. The number of anilines is 1. The Labute approximate surface area is 152 Å². The number of para-hydroxylation sites is 1. The molecular weight excluding hydrogens is 382 g/mol. The summed E-state index contributed by atoms with van der Waals surface area (Å²) in [6.45, 7) is 0.546. The molecule has 4 aromatic rings. The molecule has 2 heterocycles. The zero-order valence-corrected chi connectivity index (χ0v) is 14.7. The first-order chi connectivity index (χ1) is 12.2. The minimum atomic E-state index is -0.301. The van der Waals surface area contributed by atoms with Gasteiger partial charge in [0, 0.05) is 15.9 Å². The maximum Gasteiger partial charge on any atom is 0.292 e. The van der Waals surface area contributed by atoms with Gasteiger partial charge in [-0.2, -0.15) is 5.10 Å². The second-order valence-corrected chi connectivity index (χ2v) is 6.42. The third-order valence-electron chi connectivity index (χ3n) is 3.89. The minimum absolute atomic E-state index is 0.273. The lowest BCUT2D eigenvalue weighted by Gasteiger charge is -2.09. The van der Waals surface area contributed by atoms with Crippen molar-refractivity contribution in [3.05, 3.63) is 82.7 Å². The van der Waals surface area contributed by atoms with Crippen LogP contribution in [0.2, 0.25) is 0 Å². The predicted octanol–water partition coefficient (Wildman–Crippen LogP) is 4.69. The number of benzene rings is 2. The number of carbonyl (C=O) groups is 1. The molecule has 2 aromatic heterocycles. The van der Waals surface area contributed by atoms with E-state index in [0.717, 1.165) is 15.4 Å². The quantitative estimate of drug-likeness (QED) is 0.544. The predicted molar refractivity (Wildman–Crippen MR) is 99.6 cm³/mol. The summed E-state index contributed by atoms with van der Waals surface area (Å²) in [5.74, 6) is 0.584. The minimum Gasteiger partial charge on any atom is -0.451 e. The molecule has 0 fully saturated rings. The molecule has 0 saturated heterocycles. The average molecular weight is 396 g/mol. The van der Waals surface area contributed by atoms with Gasteiger partial charge in [0.2, 0.25) is 0 Å². The van der Waals surface area contributed by atoms with Crippen molar-refractivity contribution in [2.45, 2.75) is 6.54 Å². The number of amides is 1. The van der Waals surface area contributed by atoms with Crippen molar-refractivity contribution in [1.29, 1.82) is 0 Å². The molecule has 4 rings (SSSR count). The molecule has 0 aliphatic heterocycles. The molecule has 1 amide bonds. The van der Waals surface area contributed by atoms with Crippen LogP contribution in [-0.4, -0.2) is 15.7 Å². The number of nitrogens with one attached hydrogen (secondary N) is 1. The topological polar surface area (TPSA) is 60.1 Å². The fraction of sp³-hybridized carbons (Fsp3) is 0.0526. The third kappa shape index (κ3) is 3.21. The Bertz CT molecular complexity index is 1020. The molecule has 0 bridgehead atoms. The summed E-state index contributed by atoms with van der Waals surface area (Å²) in [7, 11) is 0. The molecule has 0 spiro atoms. The summed E-state index contributed by atoms with van der Waals surface area (Å²) in [5, 5.41) is 8.05. The molecule has 0 aliphatic carbocycles. The Hall–Kier alpha value is -2.86. The number of carbonyl (C=O) groups excluding carboxylic acids is 1. The van der Waals surface area contributed by atoms with E-state index in [1.807, 2.05) is 48.5 Å². The Morgan fingerprint density at radius 2 is 1.92 bits per heavy atom. The lowest BCUT2D eigenvalue weighted by atomic mass is 10.2. The molecule has 25 heavy (non-hydrogen) atoms. The maximum atomic E-state index is 12.5. The van der Waals surface area contributed by atoms with Gasteiger partial charge >= 0.3 is 0 Å². The highest BCUT2D eigenvalue weighted by Crippen LogP contribution is 2.21. The number of hydrogen-bond acceptors (Lipinski definition) is 3. The second kappa shape index (κ2) is 6.57. The monoisotopic (exact) mass is 395 g/mol. The summed E-state index contributed by atoms with van der Waals surface area (Å²) < 4.78 is 8.34. The lowest BCUT2D eigenvalue weighted by Crippen LogP contribution is -2.15. The normalized spacial score (nSPS) is 10.9. The van der Waals surface area contributed by atoms with Gasteiger partial charge in [0.15, 0.2) is 5.76 Å². The maximum absolute atomic E-state index is 12.5. The fourth-order valence-electron chi connectivity index (χ4n) is 2.62. The first-order valence-corrected chi connectivity index (χ1v) is 8.55. The van der Waals surface area contributed by atoms with Crippen molar-refractivity contribution in [1.82, 2.24) is 9.78 Å². The number of halogens is 1. The van der Waals surface area contributed by atoms with Crippen molar-refractivity contribution in [3.8, 4) is 0 Å². The van der Waals surface area contributed by atoms with Crippen LogP contribution in [0.15, 0.2) is 75.8 Å². The number of fused-ring (bicyclic) bond motifs is 1. The molecule has 0 aliphatic rings. The number of aromatic nitrogens is 2. The van der Waals surface area contributed by atoms with Crippen LogP contribution in [0.5, 0.6) is 0 Å². The van der Waals surface area contributed by atoms with E-state index in [-0.39, 0.29) is 11.7 Å². The van der Waals surface area contributed by atoms with Crippen LogP contribution in [0.3, 0.4) is 0 Å². The van der Waals surface area contributed by atoms with E-state index >= 15 is 0 Å². The lowest BCUT2D eigenvalue weighted by molar-refractivity contribution is 0.0997. The highest BCUT2D eigenvalue weighted by Gasteiger charge is 2.15. The van der Waals surface area contributed by atoms with E-state index in [1.54, 1.807) is 23.0 Å². The second-order valence-electron chi connectivity index (χ2n) is 5.57. The van der Waals surface area contributed by atoms with Gasteiger partial charge in [-0.25, -0.2) is 4.68 Å². The van der Waals surface area contributed by atoms with Gasteiger partial charge < -0.3 is 9.73 Å². The molecular formula is C19H14BrN3O2. The van der Waals surface area contributed by atoms with E-state index in [2.05, 4.69) is 26.3 Å². The molecule has 2 aromatic carbocycles. The number of nitrogens with zero attached hydrogens (tertiary/aromatic N) is 2. The van der Waals surface area contributed by atoms with Gasteiger partial charge in [-0.3, -0.25) is 4.79 Å². The van der Waals surface area contributed by atoms with Gasteiger partial charge in [-0.1, -0.05) is 52.3 Å². The van der Waals surface area contributed by atoms with E-state index in [0.29, 0.717) is 17.9 Å². The highest BCUT2D eigenvalue weighted by atomic mass is 79.9. The highest BCUT2D eigenvalue weighted by molar-refractivity contribution is 9.10. The molecule has 6 heteroatoms. The van der Waals surface area contributed by atoms with Crippen LogP contribution in [0.1, 0.15) is 16.1 Å². The van der Waals surface area contributed by atoms with Crippen molar-refractivity contribution in [2.75, 3.05) is 5.32 Å². The summed E-state index contributed by atoms with van der Waals surface area (Å²) in [4.78, 5) is 12.5. The van der Waals surface area contributed by atoms with E-state index in [4.69, 9.17) is 4.42 Å². The van der Waals surface area contributed by atoms with Crippen LogP contribution in [0.25, 0.3) is 11.0 Å². The van der Waals surface area contributed by atoms with Crippen LogP contribution in [-0.2, 0) is 6.54 Å². The third-order valence-corrected chi connectivity index (χ3v) is 4.66. The first kappa shape index (κ1) is 15.7. The number of furan rings is 1. The summed E-state index contributed by atoms with van der Waals surface area (Å²) in [6, 6.07) is 18.9. The van der Waals surface area contributed by atoms with Gasteiger partial charge in [0.05, 0.1) is 12.7 Å². The first-order valence-electron chi connectivity index (χ1n) is 7.76. The Morgan fingerprint density at radius 1 is 1.12 bits per heavy atom. The smallest absolute Gasteiger partial charge is 0.292 e. The van der Waals surface area contributed by atoms with Crippen LogP contribution >= 0.6 is 15.9 Å². The summed E-state index contributed by atoms with van der Waals surface area (Å²) in [6.07, 6.45) is 1.66.